The third-order valence-corrected chi connectivity index (χ3v) is 5.90. The summed E-state index contributed by atoms with van der Waals surface area (Å²) in [6.07, 6.45) is 0. The van der Waals surface area contributed by atoms with Gasteiger partial charge in [-0.2, -0.15) is 0 Å². The SMILES string of the molecule is C=C(C)C(=O)C(C)(C)[Si](OC)(OC)OC. The van der Waals surface area contributed by atoms with E-state index in [1.165, 1.54) is 21.3 Å². The largest absolute Gasteiger partial charge is 0.514 e. The molecule has 0 rings (SSSR count). The molecule has 0 bridgehead atoms. The zero-order chi connectivity index (χ0) is 12.3. The molecule has 5 heteroatoms. The number of carbonyl (C=O) groups is 1. The predicted molar refractivity (Wildman–Crippen MR) is 60.6 cm³/mol. The minimum absolute atomic E-state index is 0.0975. The zero-order valence-electron chi connectivity index (χ0n) is 10.3. The number of hydrogen-bond acceptors (Lipinski definition) is 4. The summed E-state index contributed by atoms with van der Waals surface area (Å²) in [5.74, 6) is -0.0975. The topological polar surface area (TPSA) is 44.8 Å². The molecule has 15 heavy (non-hydrogen) atoms. The first-order chi connectivity index (χ1) is 6.79. The van der Waals surface area contributed by atoms with Crippen LogP contribution < -0.4 is 0 Å². The van der Waals surface area contributed by atoms with Crippen LogP contribution in [0.3, 0.4) is 0 Å². The molecule has 0 fully saturated rings. The van der Waals surface area contributed by atoms with Crippen molar-refractivity contribution in [3.8, 4) is 0 Å². The Labute approximate surface area is 92.6 Å². The maximum absolute atomic E-state index is 12.0. The third kappa shape index (κ3) is 2.36. The van der Waals surface area contributed by atoms with Crippen LogP contribution in [0.5, 0.6) is 0 Å². The molecule has 0 aromatic heterocycles. The number of ketones is 1. The molecular weight excluding hydrogens is 212 g/mol. The molecule has 0 radical (unpaired) electrons. The normalized spacial score (nSPS) is 12.7. The van der Waals surface area contributed by atoms with Gasteiger partial charge in [-0.15, -0.1) is 0 Å². The molecule has 0 aromatic carbocycles. The van der Waals surface area contributed by atoms with E-state index in [9.17, 15) is 4.79 Å². The summed E-state index contributed by atoms with van der Waals surface area (Å²) in [6, 6.07) is 0. The van der Waals surface area contributed by atoms with E-state index in [0.717, 1.165) is 0 Å². The molecule has 0 heterocycles. The molecule has 0 aliphatic heterocycles. The number of carbonyl (C=O) groups excluding carboxylic acids is 1. The lowest BCUT2D eigenvalue weighted by molar-refractivity contribution is -0.119. The maximum Gasteiger partial charge on any atom is 0.514 e. The highest BCUT2D eigenvalue weighted by molar-refractivity contribution is 6.69. The van der Waals surface area contributed by atoms with Crippen LogP contribution >= 0.6 is 0 Å². The lowest BCUT2D eigenvalue weighted by Crippen LogP contribution is -2.55. The van der Waals surface area contributed by atoms with Crippen LogP contribution in [0.25, 0.3) is 0 Å². The Morgan fingerprint density at radius 3 is 1.67 bits per heavy atom. The molecule has 0 aromatic rings. The van der Waals surface area contributed by atoms with Crippen molar-refractivity contribution in [2.75, 3.05) is 21.3 Å². The van der Waals surface area contributed by atoms with Gasteiger partial charge < -0.3 is 13.3 Å². The monoisotopic (exact) mass is 232 g/mol. The third-order valence-electron chi connectivity index (χ3n) is 2.53. The van der Waals surface area contributed by atoms with Gasteiger partial charge in [-0.1, -0.05) is 6.58 Å². The molecule has 0 atom stereocenters. The van der Waals surface area contributed by atoms with Gasteiger partial charge in [-0.05, 0) is 26.3 Å². The Kier molecular flexibility index (Phi) is 4.86. The number of hydrogen-bond donors (Lipinski definition) is 0. The van der Waals surface area contributed by atoms with Crippen molar-refractivity contribution in [2.45, 2.75) is 25.8 Å². The van der Waals surface area contributed by atoms with Gasteiger partial charge in [0.15, 0.2) is 5.78 Å². The first kappa shape index (κ1) is 14.5. The summed E-state index contributed by atoms with van der Waals surface area (Å²) >= 11 is 0. The summed E-state index contributed by atoms with van der Waals surface area (Å²) in [6.45, 7) is 8.83. The molecule has 0 unspecified atom stereocenters. The van der Waals surface area contributed by atoms with E-state index < -0.39 is 13.8 Å². The standard InChI is InChI=1S/C10H20O4Si/c1-8(2)9(11)10(3,4)15(12-5,13-6)14-7/h1H2,2-7H3. The van der Waals surface area contributed by atoms with E-state index in [2.05, 4.69) is 6.58 Å². The van der Waals surface area contributed by atoms with Crippen LogP contribution in [-0.4, -0.2) is 35.9 Å². The highest BCUT2D eigenvalue weighted by atomic mass is 28.4. The van der Waals surface area contributed by atoms with Gasteiger partial charge in [-0.3, -0.25) is 4.79 Å². The predicted octanol–water partition coefficient (Wildman–Crippen LogP) is 1.79. The first-order valence-electron chi connectivity index (χ1n) is 4.64. The fourth-order valence-electron chi connectivity index (χ4n) is 1.69. The zero-order valence-corrected chi connectivity index (χ0v) is 11.3. The van der Waals surface area contributed by atoms with Crippen molar-refractivity contribution in [1.82, 2.24) is 0 Å². The second-order valence-corrected chi connectivity index (χ2v) is 7.49. The van der Waals surface area contributed by atoms with Crippen LogP contribution in [0.4, 0.5) is 0 Å². The molecule has 0 saturated heterocycles. The highest BCUT2D eigenvalue weighted by Gasteiger charge is 2.58. The van der Waals surface area contributed by atoms with Crippen LogP contribution in [-0.2, 0) is 18.1 Å². The molecule has 0 aliphatic rings. The van der Waals surface area contributed by atoms with Crippen LogP contribution in [0.2, 0.25) is 5.04 Å². The van der Waals surface area contributed by atoms with Gasteiger partial charge >= 0.3 is 8.80 Å². The number of rotatable bonds is 6. The molecular formula is C10H20O4Si. The Morgan fingerprint density at radius 1 is 1.13 bits per heavy atom. The maximum atomic E-state index is 12.0. The van der Waals surface area contributed by atoms with Crippen LogP contribution in [0, 0.1) is 0 Å². The van der Waals surface area contributed by atoms with E-state index in [-0.39, 0.29) is 5.78 Å². The summed E-state index contributed by atoms with van der Waals surface area (Å²) in [4.78, 5) is 12.0. The summed E-state index contributed by atoms with van der Waals surface area (Å²) < 4.78 is 15.9. The molecule has 0 saturated carbocycles. The quantitative estimate of drug-likeness (QED) is 0.517. The Bertz CT molecular complexity index is 248. The molecule has 0 amide bonds. The van der Waals surface area contributed by atoms with E-state index in [4.69, 9.17) is 13.3 Å². The number of Topliss-reactive ketones (excluding diaryl/α,β-unsaturated/α-hetero) is 1. The van der Waals surface area contributed by atoms with E-state index in [1.807, 2.05) is 0 Å². The number of allylic oxidation sites excluding steroid dienone is 1. The van der Waals surface area contributed by atoms with Crippen molar-refractivity contribution >= 4 is 14.6 Å². The van der Waals surface area contributed by atoms with Crippen molar-refractivity contribution in [1.29, 1.82) is 0 Å². The molecule has 88 valence electrons. The minimum atomic E-state index is -2.98. The lowest BCUT2D eigenvalue weighted by Gasteiger charge is -2.37. The molecule has 4 nitrogen and oxygen atoms in total. The smallest absolute Gasteiger partial charge is 0.376 e. The first-order valence-corrected chi connectivity index (χ1v) is 6.37. The Morgan fingerprint density at radius 2 is 1.47 bits per heavy atom. The Hall–Kier alpha value is -0.493. The van der Waals surface area contributed by atoms with E-state index in [0.29, 0.717) is 5.57 Å². The van der Waals surface area contributed by atoms with Crippen molar-refractivity contribution < 1.29 is 18.1 Å². The van der Waals surface area contributed by atoms with Crippen molar-refractivity contribution in [3.05, 3.63) is 12.2 Å². The summed E-state index contributed by atoms with van der Waals surface area (Å²) in [5.41, 5.74) is 0.475. The summed E-state index contributed by atoms with van der Waals surface area (Å²) in [7, 11) is 1.50. The average Bonchev–Trinajstić information content (AvgIpc) is 2.19. The van der Waals surface area contributed by atoms with Crippen molar-refractivity contribution in [3.63, 3.8) is 0 Å². The minimum Gasteiger partial charge on any atom is -0.376 e. The molecule has 0 aliphatic carbocycles. The van der Waals surface area contributed by atoms with Crippen LogP contribution in [0.1, 0.15) is 20.8 Å². The van der Waals surface area contributed by atoms with Gasteiger partial charge in [0.25, 0.3) is 0 Å². The van der Waals surface area contributed by atoms with Gasteiger partial charge in [0.1, 0.15) is 0 Å². The average molecular weight is 232 g/mol. The molecule has 0 spiro atoms. The van der Waals surface area contributed by atoms with Gasteiger partial charge in [0.2, 0.25) is 0 Å². The van der Waals surface area contributed by atoms with Gasteiger partial charge in [0, 0.05) is 21.3 Å². The van der Waals surface area contributed by atoms with Crippen molar-refractivity contribution in [2.24, 2.45) is 0 Å². The van der Waals surface area contributed by atoms with Gasteiger partial charge in [0.05, 0.1) is 5.04 Å². The second kappa shape index (κ2) is 5.02. The van der Waals surface area contributed by atoms with E-state index in [1.54, 1.807) is 20.8 Å². The fourth-order valence-corrected chi connectivity index (χ4v) is 4.21. The van der Waals surface area contributed by atoms with Crippen LogP contribution in [0.15, 0.2) is 12.2 Å². The molecule has 0 N–H and O–H groups in total. The second-order valence-electron chi connectivity index (χ2n) is 3.90. The highest BCUT2D eigenvalue weighted by Crippen LogP contribution is 2.40. The van der Waals surface area contributed by atoms with Gasteiger partial charge in [-0.25, -0.2) is 0 Å². The van der Waals surface area contributed by atoms with E-state index >= 15 is 0 Å². The lowest BCUT2D eigenvalue weighted by atomic mass is 10.0. The summed E-state index contributed by atoms with van der Waals surface area (Å²) in [5, 5.41) is -0.822. The fraction of sp³-hybridized carbons (Fsp3) is 0.700. The Balaban J connectivity index is 5.29.